The number of ketones is 1. The van der Waals surface area contributed by atoms with Gasteiger partial charge in [0.15, 0.2) is 0 Å². The van der Waals surface area contributed by atoms with Crippen molar-refractivity contribution in [3.05, 3.63) is 11.1 Å². The second kappa shape index (κ2) is 5.46. The fraction of sp³-hybridized carbons (Fsp3) is 0.875. The molecule has 4 aliphatic rings. The summed E-state index contributed by atoms with van der Waals surface area (Å²) < 4.78 is 0. The second-order valence-electron chi connectivity index (χ2n) is 11.3. The molecule has 0 aromatic rings. The lowest BCUT2D eigenvalue weighted by Crippen LogP contribution is -2.55. The Bertz CT molecular complexity index is 674. The molecule has 0 radical (unpaired) electrons. The van der Waals surface area contributed by atoms with Gasteiger partial charge in [-0.15, -0.1) is 0 Å². The monoisotopic (exact) mass is 358 g/mol. The Balaban J connectivity index is 1.81. The average molecular weight is 359 g/mol. The van der Waals surface area contributed by atoms with Crippen LogP contribution in [0.2, 0.25) is 0 Å². The van der Waals surface area contributed by atoms with E-state index in [4.69, 9.17) is 0 Å². The van der Waals surface area contributed by atoms with Gasteiger partial charge >= 0.3 is 0 Å². The number of aliphatic hydroxyl groups excluding tert-OH is 1. The molecule has 1 N–H and O–H groups in total. The topological polar surface area (TPSA) is 37.3 Å². The summed E-state index contributed by atoms with van der Waals surface area (Å²) in [5.41, 5.74) is 4.05. The molecule has 0 aromatic heterocycles. The molecule has 4 rings (SSSR count). The summed E-state index contributed by atoms with van der Waals surface area (Å²) in [6, 6.07) is 0. The molecule has 6 atom stereocenters. The number of Topliss-reactive ketones (excluding diaryl/α,β-unsaturated/α-hetero) is 1. The summed E-state index contributed by atoms with van der Waals surface area (Å²) in [6.45, 7) is 13.8. The molecule has 146 valence electrons. The third kappa shape index (κ3) is 2.06. The first kappa shape index (κ1) is 18.7. The van der Waals surface area contributed by atoms with E-state index in [0.717, 1.165) is 25.7 Å². The minimum atomic E-state index is -0.166. The van der Waals surface area contributed by atoms with E-state index in [1.54, 1.807) is 11.1 Å². The molecule has 0 saturated heterocycles. The molecule has 0 spiro atoms. The van der Waals surface area contributed by atoms with Crippen LogP contribution in [0.15, 0.2) is 11.1 Å². The number of hydrogen-bond donors (Lipinski definition) is 1. The van der Waals surface area contributed by atoms with Gasteiger partial charge in [-0.3, -0.25) is 4.79 Å². The molecule has 2 nitrogen and oxygen atoms in total. The van der Waals surface area contributed by atoms with Gasteiger partial charge in [0, 0.05) is 5.92 Å². The zero-order valence-corrected chi connectivity index (χ0v) is 17.7. The third-order valence-electron chi connectivity index (χ3n) is 10.2. The Hall–Kier alpha value is -0.630. The summed E-state index contributed by atoms with van der Waals surface area (Å²) in [6.07, 6.45) is 8.87. The molecule has 26 heavy (non-hydrogen) atoms. The molecule has 4 aliphatic carbocycles. The van der Waals surface area contributed by atoms with Gasteiger partial charge in [0.2, 0.25) is 0 Å². The largest absolute Gasteiger partial charge is 0.393 e. The summed E-state index contributed by atoms with van der Waals surface area (Å²) >= 11 is 0. The fourth-order valence-electron chi connectivity index (χ4n) is 8.32. The molecule has 0 aliphatic heterocycles. The molecular formula is C24H38O2. The molecule has 0 bridgehead atoms. The molecule has 0 unspecified atom stereocenters. The normalized spacial score (nSPS) is 50.0. The van der Waals surface area contributed by atoms with E-state index >= 15 is 0 Å². The van der Waals surface area contributed by atoms with Crippen LogP contribution < -0.4 is 0 Å². The van der Waals surface area contributed by atoms with Gasteiger partial charge in [0.05, 0.1) is 6.10 Å². The number of fused-ring (bicyclic) bond motifs is 4. The van der Waals surface area contributed by atoms with Gasteiger partial charge in [-0.2, -0.15) is 0 Å². The Morgan fingerprint density at radius 2 is 1.62 bits per heavy atom. The first-order valence-electron chi connectivity index (χ1n) is 10.9. The molecular weight excluding hydrogens is 320 g/mol. The lowest BCUT2D eigenvalue weighted by molar-refractivity contribution is -0.126. The van der Waals surface area contributed by atoms with Gasteiger partial charge in [-0.25, -0.2) is 0 Å². The lowest BCUT2D eigenvalue weighted by atomic mass is 9.43. The minimum absolute atomic E-state index is 0.00474. The van der Waals surface area contributed by atoms with Crippen LogP contribution >= 0.6 is 0 Å². The van der Waals surface area contributed by atoms with Crippen LogP contribution in [0.5, 0.6) is 0 Å². The predicted molar refractivity (Wildman–Crippen MR) is 106 cm³/mol. The quantitative estimate of drug-likeness (QED) is 0.612. The maximum atomic E-state index is 12.4. The van der Waals surface area contributed by atoms with Crippen molar-refractivity contribution in [3.8, 4) is 0 Å². The Labute approximate surface area is 159 Å². The molecule has 0 aromatic carbocycles. The SMILES string of the molecule is CC(=O)[C@H]1CC[C@@]2(C)C3=C(CC[C@]12C)[C@@]1(C)CC[C@H](O)C(C)(C)[C@@H]1CC3. The number of carbonyl (C=O) groups is 1. The van der Waals surface area contributed by atoms with Crippen molar-refractivity contribution in [1.82, 2.24) is 0 Å². The highest BCUT2D eigenvalue weighted by Gasteiger charge is 2.63. The lowest BCUT2D eigenvalue weighted by Gasteiger charge is -2.61. The van der Waals surface area contributed by atoms with E-state index < -0.39 is 0 Å². The fourth-order valence-corrected chi connectivity index (χ4v) is 8.32. The van der Waals surface area contributed by atoms with Crippen LogP contribution in [0, 0.1) is 33.5 Å². The first-order chi connectivity index (χ1) is 12.0. The molecule has 0 amide bonds. The molecule has 2 fully saturated rings. The summed E-state index contributed by atoms with van der Waals surface area (Å²) in [4.78, 5) is 12.4. The van der Waals surface area contributed by atoms with E-state index in [2.05, 4.69) is 34.6 Å². The number of aliphatic hydroxyl groups is 1. The zero-order chi connectivity index (χ0) is 19.1. The zero-order valence-electron chi connectivity index (χ0n) is 17.7. The van der Waals surface area contributed by atoms with Crippen LogP contribution in [0.4, 0.5) is 0 Å². The summed E-state index contributed by atoms with van der Waals surface area (Å²) in [5.74, 6) is 1.23. The molecule has 2 heteroatoms. The van der Waals surface area contributed by atoms with Gasteiger partial charge in [-0.05, 0) is 85.9 Å². The van der Waals surface area contributed by atoms with Crippen molar-refractivity contribution < 1.29 is 9.90 Å². The average Bonchev–Trinajstić information content (AvgIpc) is 2.84. The number of rotatable bonds is 1. The van der Waals surface area contributed by atoms with Crippen molar-refractivity contribution >= 4 is 5.78 Å². The first-order valence-corrected chi connectivity index (χ1v) is 10.9. The Morgan fingerprint density at radius 1 is 0.923 bits per heavy atom. The minimum Gasteiger partial charge on any atom is -0.393 e. The number of allylic oxidation sites excluding steroid dienone is 2. The van der Waals surface area contributed by atoms with Crippen molar-refractivity contribution in [2.24, 2.45) is 33.5 Å². The van der Waals surface area contributed by atoms with Crippen LogP contribution in [-0.2, 0) is 4.79 Å². The smallest absolute Gasteiger partial charge is 0.133 e. The van der Waals surface area contributed by atoms with Crippen LogP contribution in [0.1, 0.15) is 92.9 Å². The van der Waals surface area contributed by atoms with Crippen molar-refractivity contribution in [2.45, 2.75) is 99.0 Å². The maximum Gasteiger partial charge on any atom is 0.133 e. The van der Waals surface area contributed by atoms with Gasteiger partial charge in [0.25, 0.3) is 0 Å². The second-order valence-corrected chi connectivity index (χ2v) is 11.3. The third-order valence-corrected chi connectivity index (χ3v) is 10.2. The maximum absolute atomic E-state index is 12.4. The number of hydrogen-bond acceptors (Lipinski definition) is 2. The predicted octanol–water partition coefficient (Wildman–Crippen LogP) is 5.69. The Kier molecular flexibility index (Phi) is 3.93. The van der Waals surface area contributed by atoms with Crippen LogP contribution in [0.25, 0.3) is 0 Å². The van der Waals surface area contributed by atoms with Gasteiger partial charge < -0.3 is 5.11 Å². The summed E-state index contributed by atoms with van der Waals surface area (Å²) in [7, 11) is 0. The van der Waals surface area contributed by atoms with E-state index in [9.17, 15) is 9.90 Å². The van der Waals surface area contributed by atoms with Gasteiger partial charge in [-0.1, -0.05) is 45.8 Å². The van der Waals surface area contributed by atoms with E-state index in [1.165, 1.54) is 25.7 Å². The summed E-state index contributed by atoms with van der Waals surface area (Å²) in [5, 5.41) is 10.7. The highest BCUT2D eigenvalue weighted by atomic mass is 16.3. The van der Waals surface area contributed by atoms with Crippen molar-refractivity contribution in [2.75, 3.05) is 0 Å². The Morgan fingerprint density at radius 3 is 2.27 bits per heavy atom. The van der Waals surface area contributed by atoms with Crippen molar-refractivity contribution in [1.29, 1.82) is 0 Å². The van der Waals surface area contributed by atoms with Crippen LogP contribution in [-0.4, -0.2) is 17.0 Å². The molecule has 2 saturated carbocycles. The van der Waals surface area contributed by atoms with E-state index in [1.807, 2.05) is 6.92 Å². The van der Waals surface area contributed by atoms with Crippen molar-refractivity contribution in [3.63, 3.8) is 0 Å². The highest BCUT2D eigenvalue weighted by Crippen LogP contribution is 2.71. The van der Waals surface area contributed by atoms with E-state index in [-0.39, 0.29) is 33.7 Å². The van der Waals surface area contributed by atoms with Crippen LogP contribution in [0.3, 0.4) is 0 Å². The standard InChI is InChI=1S/C24H38O2/c1-15(25)16-9-13-24(6)18-7-8-19-21(2,3)20(26)11-12-22(19,4)17(18)10-14-23(16,24)5/h16,19-20,26H,7-14H2,1-6H3/t16-,19+,20+,22-,23-,24+/m1/s1. The van der Waals surface area contributed by atoms with E-state index in [0.29, 0.717) is 11.7 Å². The molecule has 0 heterocycles. The number of carbonyl (C=O) groups excluding carboxylic acids is 1. The van der Waals surface area contributed by atoms with Gasteiger partial charge in [0.1, 0.15) is 5.78 Å². The highest BCUT2D eigenvalue weighted by molar-refractivity contribution is 5.80.